The highest BCUT2D eigenvalue weighted by Gasteiger charge is 2.13. The maximum Gasteiger partial charge on any atom is 0.373 e. The van der Waals surface area contributed by atoms with E-state index in [1.807, 2.05) is 84.9 Å². The van der Waals surface area contributed by atoms with Crippen molar-refractivity contribution in [3.8, 4) is 45.3 Å². The van der Waals surface area contributed by atoms with Crippen LogP contribution in [0.3, 0.4) is 0 Å². The van der Waals surface area contributed by atoms with Crippen LogP contribution in [0, 0.1) is 0 Å². The van der Waals surface area contributed by atoms with Gasteiger partial charge in [-0.15, -0.1) is 0 Å². The molecule has 0 aliphatic heterocycles. The van der Waals surface area contributed by atoms with E-state index in [9.17, 15) is 10.2 Å². The molecule has 0 saturated carbocycles. The maximum atomic E-state index is 10.6. The van der Waals surface area contributed by atoms with E-state index >= 15 is 0 Å². The van der Waals surface area contributed by atoms with Crippen LogP contribution in [0.5, 0.6) is 23.0 Å². The van der Waals surface area contributed by atoms with Crippen molar-refractivity contribution in [2.75, 3.05) is 54.2 Å². The lowest BCUT2D eigenvalue weighted by Gasteiger charge is -2.15. The lowest BCUT2D eigenvalue weighted by atomic mass is 9.95. The van der Waals surface area contributed by atoms with Crippen LogP contribution in [0.25, 0.3) is 43.8 Å². The van der Waals surface area contributed by atoms with Crippen molar-refractivity contribution in [2.45, 2.75) is 33.6 Å². The highest BCUT2D eigenvalue weighted by molar-refractivity contribution is 8.75. The van der Waals surface area contributed by atoms with Gasteiger partial charge in [-0.1, -0.05) is 130 Å². The molecule has 8 rings (SSSR count). The van der Waals surface area contributed by atoms with E-state index in [1.165, 1.54) is 28.9 Å². The van der Waals surface area contributed by atoms with Crippen LogP contribution in [-0.4, -0.2) is 76.7 Å². The van der Waals surface area contributed by atoms with Gasteiger partial charge in [0, 0.05) is 149 Å². The third-order valence-electron chi connectivity index (χ3n) is 11.2. The van der Waals surface area contributed by atoms with Gasteiger partial charge in [-0.3, -0.25) is 0 Å². The molecule has 440 valence electrons. The third kappa shape index (κ3) is 27.1. The normalized spacial score (nSPS) is 9.72. The van der Waals surface area contributed by atoms with E-state index < -0.39 is 0 Å². The second kappa shape index (κ2) is 44.2. The summed E-state index contributed by atoms with van der Waals surface area (Å²) in [6.07, 6.45) is 2.90. The summed E-state index contributed by atoms with van der Waals surface area (Å²) in [6.45, 7) is 4.49. The van der Waals surface area contributed by atoms with Gasteiger partial charge in [-0.25, -0.2) is 0 Å². The number of hydrogen-bond acceptors (Lipinski definition) is 14. The van der Waals surface area contributed by atoms with Gasteiger partial charge in [0.15, 0.2) is 13.6 Å². The van der Waals surface area contributed by atoms with E-state index in [0.29, 0.717) is 32.2 Å². The number of carbonyl (C=O) groups excluding carboxylic acids is 4. The molecule has 24 heteroatoms. The lowest BCUT2D eigenvalue weighted by Crippen LogP contribution is -2.09. The summed E-state index contributed by atoms with van der Waals surface area (Å²) < 4.78 is 32.9. The Hall–Kier alpha value is -5.28. The quantitative estimate of drug-likeness (QED) is 0.0580. The molecule has 0 aliphatic carbocycles. The van der Waals surface area contributed by atoms with Crippen molar-refractivity contribution < 1.29 is 57.8 Å². The molecule has 12 nitrogen and oxygen atoms in total. The molecule has 2 N–H and O–H groups in total. The van der Waals surface area contributed by atoms with Crippen LogP contribution in [0.4, 0.5) is 0 Å². The number of benzene rings is 8. The summed E-state index contributed by atoms with van der Waals surface area (Å²) in [6, 6.07) is 55.0. The molecule has 8 aromatic rings. The second-order valence-corrected chi connectivity index (χ2v) is 34.0. The van der Waals surface area contributed by atoms with E-state index in [0.717, 1.165) is 91.3 Å². The topological polar surface area (TPSA) is 164 Å². The third-order valence-corrected chi connectivity index (χ3v) is 31.2. The van der Waals surface area contributed by atoms with Crippen molar-refractivity contribution in [3.63, 3.8) is 0 Å². The molecule has 0 spiro atoms. The van der Waals surface area contributed by atoms with Crippen LogP contribution >= 0.6 is 0 Å². The van der Waals surface area contributed by atoms with Crippen LogP contribution in [0.15, 0.2) is 164 Å². The zero-order valence-electron chi connectivity index (χ0n) is 44.3. The van der Waals surface area contributed by atoms with Gasteiger partial charge >= 0.3 is 12.3 Å². The Labute approximate surface area is 522 Å². The fourth-order valence-electron chi connectivity index (χ4n) is 7.63. The molecular formula is C59H60O12S12. The highest BCUT2D eigenvalue weighted by Crippen LogP contribution is 2.35. The fraction of sp³-hybridized carbons (Fsp3) is 0.220. The lowest BCUT2D eigenvalue weighted by molar-refractivity contribution is -0.193. The zero-order valence-corrected chi connectivity index (χ0v) is 54.1. The Morgan fingerprint density at radius 2 is 0.843 bits per heavy atom. The second-order valence-electron chi connectivity index (χ2n) is 16.3. The minimum absolute atomic E-state index is 0. The van der Waals surface area contributed by atoms with Crippen LogP contribution in [0.2, 0.25) is 0 Å². The number of rotatable bonds is 19. The number of aryl methyl sites for hydroxylation is 1. The first kappa shape index (κ1) is 72.0. The van der Waals surface area contributed by atoms with Crippen LogP contribution in [-0.2, 0) is 169 Å². The molecular weight excluding hydrogens is 1290 g/mol. The molecule has 0 heterocycles. The largest absolute Gasteiger partial charge is 0.507 e. The minimum Gasteiger partial charge on any atom is -0.507 e. The molecule has 0 bridgehead atoms. The zero-order chi connectivity index (χ0) is 59.0. The van der Waals surface area contributed by atoms with Gasteiger partial charge in [0.2, 0.25) is 0 Å². The summed E-state index contributed by atoms with van der Waals surface area (Å²) >= 11 is 9.38. The van der Waals surface area contributed by atoms with Crippen molar-refractivity contribution in [3.05, 3.63) is 192 Å². The number of aromatic hydroxyl groups is 2. The first-order valence-corrected chi connectivity index (χ1v) is 38.9. The average molecular weight is 1350 g/mol. The fourth-order valence-corrected chi connectivity index (χ4v) is 29.6. The van der Waals surface area contributed by atoms with Gasteiger partial charge in [-0.2, -0.15) is 19.2 Å². The molecule has 0 unspecified atom stereocenters. The number of methoxy groups -OCH3 is 2. The number of hydrogen-bond donors (Lipinski definition) is 2. The summed E-state index contributed by atoms with van der Waals surface area (Å²) in [5.74, 6) is 2.21. The van der Waals surface area contributed by atoms with Gasteiger partial charge in [0.05, 0.1) is 26.4 Å². The highest BCUT2D eigenvalue weighted by atomic mass is 33.4. The molecule has 83 heavy (non-hydrogen) atoms. The molecule has 8 aromatic carbocycles. The van der Waals surface area contributed by atoms with Crippen molar-refractivity contribution in [1.82, 2.24) is 0 Å². The first-order chi connectivity index (χ1) is 40.2. The van der Waals surface area contributed by atoms with Crippen molar-refractivity contribution in [2.24, 2.45) is 0 Å². The average Bonchev–Trinajstić information content (AvgIpc) is 3.65. The number of fused-ring (bicyclic) bond motifs is 2. The van der Waals surface area contributed by atoms with Crippen LogP contribution in [0.1, 0.15) is 42.2 Å². The van der Waals surface area contributed by atoms with Gasteiger partial charge in [0.25, 0.3) is 0 Å². The monoisotopic (exact) mass is 1340 g/mol. The van der Waals surface area contributed by atoms with E-state index in [2.05, 4.69) is 102 Å². The van der Waals surface area contributed by atoms with E-state index in [4.69, 9.17) is 47.6 Å². The number of phenolic OH excluding ortho intramolecular Hbond substituents is 2. The standard InChI is InChI=1S/C29H30O4.C27H26O4.2CO2.CH4.S12/c1-3-21-15-25-10-9-24(19-27(25)28(30)17-21)23-11-12-29(33-20-32-14-13-31-2)26(18-23)16-22-7-5-4-6-8-22;1-29-14-15-30-19-31-27-13-12-22(17-24(27)16-20-6-3-2-4-7-20)23-11-10-21-8-5-9-26(28)25(21)18-23;2*2-1-3;;1-3-5-7-9-11-12-10-8-6-4-2/h4-12,15,17-19,30H,3,13-14,16,20H2,1-2H3;2-13,17-18,28H,14-16,19H2,1H3;;;1H4;. The minimum atomic E-state index is 0. The maximum absolute atomic E-state index is 10.6. The van der Waals surface area contributed by atoms with Crippen LogP contribution < -0.4 is 9.47 Å². The SMILES string of the molecule is C.CCc1cc(O)c2cc(-c3ccc(OCOCCOC)c(Cc4ccccc4)c3)ccc2c1.COCCOCOc1ccc(-c2ccc3cccc(O)c3c2)cc1Cc1ccccc1.O=C=O.O=C=O.S=S=S=S=S=S=S=S=S=S=S=S. The molecule has 0 aliphatic rings. The molecule has 0 saturated heterocycles. The molecule has 0 amide bonds. The summed E-state index contributed by atoms with van der Waals surface area (Å²) in [5.41, 5.74) is 9.97. The Morgan fingerprint density at radius 1 is 0.434 bits per heavy atom. The Kier molecular flexibility index (Phi) is 38.4. The summed E-state index contributed by atoms with van der Waals surface area (Å²) in [4.78, 5) is 32.5. The summed E-state index contributed by atoms with van der Waals surface area (Å²) in [7, 11) is 19.6. The Bertz CT molecular complexity index is 3780. The van der Waals surface area contributed by atoms with E-state index in [1.54, 1.807) is 91.3 Å². The van der Waals surface area contributed by atoms with Gasteiger partial charge in [0.1, 0.15) is 23.0 Å². The van der Waals surface area contributed by atoms with Crippen molar-refractivity contribution >= 4 is 145 Å². The number of phenols is 2. The van der Waals surface area contributed by atoms with Crippen molar-refractivity contribution in [1.29, 1.82) is 0 Å². The number of ether oxygens (including phenoxy) is 6. The predicted molar refractivity (Wildman–Crippen MR) is 362 cm³/mol. The molecule has 0 radical (unpaired) electrons. The summed E-state index contributed by atoms with van der Waals surface area (Å²) in [5, 5.41) is 24.6. The van der Waals surface area contributed by atoms with E-state index in [-0.39, 0.29) is 39.1 Å². The van der Waals surface area contributed by atoms with Gasteiger partial charge < -0.3 is 38.6 Å². The predicted octanol–water partition coefficient (Wildman–Crippen LogP) is 11.6. The molecule has 0 atom stereocenters. The van der Waals surface area contributed by atoms with Gasteiger partial charge in [-0.05, 0) is 116 Å². The first-order valence-electron chi connectivity index (χ1n) is 24.3. The smallest absolute Gasteiger partial charge is 0.373 e. The Balaban J connectivity index is 0.000000335. The Morgan fingerprint density at radius 3 is 1.28 bits per heavy atom. The molecule has 0 aromatic heterocycles. The molecule has 0 fully saturated rings.